The van der Waals surface area contributed by atoms with Crippen LogP contribution >= 0.6 is 0 Å². The summed E-state index contributed by atoms with van der Waals surface area (Å²) >= 11 is 0. The second kappa shape index (κ2) is 8.44. The van der Waals surface area contributed by atoms with Gasteiger partial charge < -0.3 is 5.73 Å². The number of aromatic nitrogens is 1. The van der Waals surface area contributed by atoms with Crippen molar-refractivity contribution in [2.24, 2.45) is 5.73 Å². The van der Waals surface area contributed by atoms with Crippen molar-refractivity contribution in [3.8, 4) is 0 Å². The minimum atomic E-state index is 0.575. The van der Waals surface area contributed by atoms with Gasteiger partial charge in [0, 0.05) is 24.4 Å². The highest BCUT2D eigenvalue weighted by Crippen LogP contribution is 2.10. The fraction of sp³-hybridized carbons (Fsp3) is 0.353. The topological polar surface area (TPSA) is 38.9 Å². The lowest BCUT2D eigenvalue weighted by Gasteiger charge is -2.05. The van der Waals surface area contributed by atoms with Gasteiger partial charge in [-0.25, -0.2) is 0 Å². The summed E-state index contributed by atoms with van der Waals surface area (Å²) in [5.74, 6) is 0. The van der Waals surface area contributed by atoms with Crippen LogP contribution in [0.25, 0.3) is 0 Å². The second-order valence-corrected chi connectivity index (χ2v) is 4.68. The van der Waals surface area contributed by atoms with E-state index in [0.29, 0.717) is 6.54 Å². The molecule has 2 N–H and O–H groups in total. The molecular weight excluding hydrogens is 232 g/mol. The van der Waals surface area contributed by atoms with E-state index in [1.54, 1.807) is 0 Å². The van der Waals surface area contributed by atoms with Crippen molar-refractivity contribution in [2.45, 2.75) is 40.2 Å². The van der Waals surface area contributed by atoms with Gasteiger partial charge in [-0.05, 0) is 30.2 Å². The fourth-order valence-electron chi connectivity index (χ4n) is 1.83. The van der Waals surface area contributed by atoms with Crippen LogP contribution in [0.5, 0.6) is 0 Å². The number of hydrogen-bond donors (Lipinski definition) is 1. The van der Waals surface area contributed by atoms with E-state index >= 15 is 0 Å². The third kappa shape index (κ3) is 5.66. The van der Waals surface area contributed by atoms with E-state index in [4.69, 9.17) is 5.73 Å². The summed E-state index contributed by atoms with van der Waals surface area (Å²) < 4.78 is 0. The average molecular weight is 256 g/mol. The zero-order valence-corrected chi connectivity index (χ0v) is 12.2. The smallest absolute Gasteiger partial charge is 0.0453 e. The fourth-order valence-corrected chi connectivity index (χ4v) is 1.83. The Hall–Kier alpha value is -1.67. The van der Waals surface area contributed by atoms with E-state index in [9.17, 15) is 0 Å². The predicted octanol–water partition coefficient (Wildman–Crippen LogP) is 3.86. The Kier molecular flexibility index (Phi) is 6.83. The number of nitrogens with zero attached hydrogens (tertiary/aromatic N) is 1. The van der Waals surface area contributed by atoms with Gasteiger partial charge in [-0.2, -0.15) is 0 Å². The first kappa shape index (κ1) is 15.4. The maximum Gasteiger partial charge on any atom is 0.0453 e. The average Bonchev–Trinajstić information content (AvgIpc) is 2.40. The molecule has 0 bridgehead atoms. The van der Waals surface area contributed by atoms with Crippen LogP contribution in [0.1, 0.15) is 42.8 Å². The summed E-state index contributed by atoms with van der Waals surface area (Å²) in [6.07, 6.45) is 2.12. The zero-order chi connectivity index (χ0) is 14.1. The van der Waals surface area contributed by atoms with E-state index in [-0.39, 0.29) is 0 Å². The molecule has 2 rings (SSSR count). The van der Waals surface area contributed by atoms with Crippen molar-refractivity contribution in [2.75, 3.05) is 0 Å². The molecule has 1 aromatic heterocycles. The first-order chi connectivity index (χ1) is 9.19. The molecule has 0 saturated carbocycles. The second-order valence-electron chi connectivity index (χ2n) is 4.68. The van der Waals surface area contributed by atoms with Gasteiger partial charge in [0.2, 0.25) is 0 Å². The summed E-state index contributed by atoms with van der Waals surface area (Å²) in [4.78, 5) is 4.52. The molecule has 0 spiro atoms. The molecule has 0 aliphatic rings. The normalized spacial score (nSPS) is 9.68. The van der Waals surface area contributed by atoms with Gasteiger partial charge in [-0.3, -0.25) is 4.98 Å². The summed E-state index contributed by atoms with van der Waals surface area (Å²) in [6.45, 7) is 6.83. The van der Waals surface area contributed by atoms with Crippen LogP contribution in [0, 0.1) is 6.92 Å². The molecule has 0 fully saturated rings. The van der Waals surface area contributed by atoms with Gasteiger partial charge in [0.1, 0.15) is 0 Å². The number of pyridine rings is 1. The first-order valence-electron chi connectivity index (χ1n) is 6.90. The van der Waals surface area contributed by atoms with Crippen LogP contribution in [-0.2, 0) is 13.0 Å². The molecule has 0 radical (unpaired) electrons. The van der Waals surface area contributed by atoms with E-state index in [1.807, 2.05) is 19.1 Å². The Labute approximate surface area is 116 Å². The molecule has 0 aliphatic carbocycles. The quantitative estimate of drug-likeness (QED) is 0.905. The summed E-state index contributed by atoms with van der Waals surface area (Å²) in [5.41, 5.74) is 10.2. The predicted molar refractivity (Wildman–Crippen MR) is 82.1 cm³/mol. The number of hydrogen-bond acceptors (Lipinski definition) is 2. The minimum Gasteiger partial charge on any atom is -0.326 e. The molecule has 1 heterocycles. The Morgan fingerprint density at radius 1 is 1.00 bits per heavy atom. The van der Waals surface area contributed by atoms with Crippen molar-refractivity contribution < 1.29 is 0 Å². The Balaban J connectivity index is 0.000000550. The van der Waals surface area contributed by atoms with Crippen LogP contribution in [0.2, 0.25) is 0 Å². The summed E-state index contributed by atoms with van der Waals surface area (Å²) in [7, 11) is 0. The standard InChI is InChI=1S/C14H16N2.C3H8/c1-11-7-13(10-15)9-14(16-11)8-12-5-3-2-4-6-12;1-3-2/h2-7,9H,8,10,15H2,1H3;3H2,1-2H3. The van der Waals surface area contributed by atoms with Crippen molar-refractivity contribution in [3.63, 3.8) is 0 Å². The summed E-state index contributed by atoms with van der Waals surface area (Å²) in [6, 6.07) is 14.5. The highest BCUT2D eigenvalue weighted by atomic mass is 14.7. The molecule has 19 heavy (non-hydrogen) atoms. The van der Waals surface area contributed by atoms with Crippen LogP contribution in [0.3, 0.4) is 0 Å². The molecule has 0 atom stereocenters. The zero-order valence-electron chi connectivity index (χ0n) is 12.2. The van der Waals surface area contributed by atoms with Crippen molar-refractivity contribution in [3.05, 3.63) is 65.0 Å². The first-order valence-corrected chi connectivity index (χ1v) is 6.90. The molecule has 0 saturated heterocycles. The van der Waals surface area contributed by atoms with E-state index in [0.717, 1.165) is 23.4 Å². The van der Waals surface area contributed by atoms with Gasteiger partial charge in [0.15, 0.2) is 0 Å². The molecule has 102 valence electrons. The lowest BCUT2D eigenvalue weighted by molar-refractivity contribution is 0.984. The van der Waals surface area contributed by atoms with E-state index in [2.05, 4.69) is 49.2 Å². The molecule has 2 aromatic rings. The van der Waals surface area contributed by atoms with Crippen LogP contribution in [0.4, 0.5) is 0 Å². The third-order valence-corrected chi connectivity index (χ3v) is 2.53. The Morgan fingerprint density at radius 3 is 2.21 bits per heavy atom. The van der Waals surface area contributed by atoms with Crippen LogP contribution < -0.4 is 5.73 Å². The highest BCUT2D eigenvalue weighted by molar-refractivity contribution is 5.26. The molecule has 2 heteroatoms. The monoisotopic (exact) mass is 256 g/mol. The van der Waals surface area contributed by atoms with E-state index in [1.165, 1.54) is 12.0 Å². The lowest BCUT2D eigenvalue weighted by Crippen LogP contribution is -2.01. The molecule has 0 amide bonds. The van der Waals surface area contributed by atoms with Gasteiger partial charge in [-0.15, -0.1) is 0 Å². The third-order valence-electron chi connectivity index (χ3n) is 2.53. The van der Waals surface area contributed by atoms with Gasteiger partial charge in [-0.1, -0.05) is 50.6 Å². The Bertz CT molecular complexity index is 478. The summed E-state index contributed by atoms with van der Waals surface area (Å²) in [5, 5.41) is 0. The van der Waals surface area contributed by atoms with Crippen molar-refractivity contribution >= 4 is 0 Å². The molecule has 1 aromatic carbocycles. The lowest BCUT2D eigenvalue weighted by atomic mass is 10.1. The highest BCUT2D eigenvalue weighted by Gasteiger charge is 2.00. The Morgan fingerprint density at radius 2 is 1.63 bits per heavy atom. The van der Waals surface area contributed by atoms with Crippen molar-refractivity contribution in [1.82, 2.24) is 4.98 Å². The van der Waals surface area contributed by atoms with E-state index < -0.39 is 0 Å². The number of nitrogens with two attached hydrogens (primary N) is 1. The van der Waals surface area contributed by atoms with Gasteiger partial charge >= 0.3 is 0 Å². The molecule has 0 unspecified atom stereocenters. The molecule has 0 aliphatic heterocycles. The van der Waals surface area contributed by atoms with Crippen molar-refractivity contribution in [1.29, 1.82) is 0 Å². The number of rotatable bonds is 3. The van der Waals surface area contributed by atoms with Crippen LogP contribution in [0.15, 0.2) is 42.5 Å². The number of aryl methyl sites for hydroxylation is 1. The number of benzene rings is 1. The SMILES string of the molecule is CCC.Cc1cc(CN)cc(Cc2ccccc2)n1. The molecule has 2 nitrogen and oxygen atoms in total. The largest absolute Gasteiger partial charge is 0.326 e. The van der Waals surface area contributed by atoms with Crippen LogP contribution in [-0.4, -0.2) is 4.98 Å². The maximum absolute atomic E-state index is 5.65. The minimum absolute atomic E-state index is 0.575. The maximum atomic E-state index is 5.65. The molecular formula is C17H24N2. The van der Waals surface area contributed by atoms with Gasteiger partial charge in [0.25, 0.3) is 0 Å². The van der Waals surface area contributed by atoms with Gasteiger partial charge in [0.05, 0.1) is 0 Å².